The van der Waals surface area contributed by atoms with E-state index in [-0.39, 0.29) is 41.7 Å². The molecule has 1 N–H and O–H groups in total. The second kappa shape index (κ2) is 9.96. The lowest BCUT2D eigenvalue weighted by atomic mass is 10.2. The van der Waals surface area contributed by atoms with Gasteiger partial charge in [0.2, 0.25) is 5.91 Å². The lowest BCUT2D eigenvalue weighted by Crippen LogP contribution is -2.15. The molecule has 33 heavy (non-hydrogen) atoms. The fourth-order valence-electron chi connectivity index (χ4n) is 2.85. The minimum Gasteiger partial charge on any atom is -0.475 e. The highest BCUT2D eigenvalue weighted by atomic mass is 35.5. The highest BCUT2D eigenvalue weighted by Gasteiger charge is 2.20. The number of hydrogen-bond donors (Lipinski definition) is 1. The van der Waals surface area contributed by atoms with Gasteiger partial charge in [0.25, 0.3) is 5.69 Å². The molecule has 0 radical (unpaired) electrons. The Bertz CT molecular complexity index is 1230. The molecule has 3 aromatic rings. The maximum absolute atomic E-state index is 12.4. The number of nitro groups is 2. The number of nitro benzene ring substituents is 1. The molecular weight excluding hydrogens is 458 g/mol. The Kier molecular flexibility index (Phi) is 7.08. The van der Waals surface area contributed by atoms with Crippen molar-refractivity contribution in [2.75, 3.05) is 12.4 Å². The number of hydrogen-bond acceptors (Lipinski definition) is 8. The summed E-state index contributed by atoms with van der Waals surface area (Å²) in [6.45, 7) is 1.82. The van der Waals surface area contributed by atoms with E-state index in [9.17, 15) is 25.0 Å². The Morgan fingerprint density at radius 2 is 1.91 bits per heavy atom. The fourth-order valence-corrected chi connectivity index (χ4v) is 2.97. The molecule has 12 nitrogen and oxygen atoms in total. The smallest absolute Gasteiger partial charge is 0.350 e. The van der Waals surface area contributed by atoms with E-state index in [4.69, 9.17) is 21.1 Å². The summed E-state index contributed by atoms with van der Waals surface area (Å²) < 4.78 is 11.8. The minimum absolute atomic E-state index is 0.0262. The molecule has 0 saturated heterocycles. The zero-order valence-electron chi connectivity index (χ0n) is 17.5. The monoisotopic (exact) mass is 475 g/mol. The molecule has 0 saturated carbocycles. The molecule has 0 spiro atoms. The summed E-state index contributed by atoms with van der Waals surface area (Å²) in [6.07, 6.45) is 1.05. The van der Waals surface area contributed by atoms with Gasteiger partial charge < -0.3 is 14.8 Å². The molecule has 0 aliphatic carbocycles. The van der Waals surface area contributed by atoms with Gasteiger partial charge in [-0.15, -0.1) is 5.10 Å². The number of aryl methyl sites for hydroxylation is 2. The first-order valence-electron chi connectivity index (χ1n) is 9.45. The molecule has 0 unspecified atom stereocenters. The Morgan fingerprint density at radius 1 is 1.15 bits per heavy atom. The molecule has 2 aromatic carbocycles. The summed E-state index contributed by atoms with van der Waals surface area (Å²) in [5.74, 6) is -0.0863. The van der Waals surface area contributed by atoms with Crippen molar-refractivity contribution in [3.63, 3.8) is 0 Å². The number of benzene rings is 2. The van der Waals surface area contributed by atoms with Gasteiger partial charge in [-0.3, -0.25) is 29.7 Å². The number of nitrogens with one attached hydrogen (secondary N) is 1. The molecule has 13 heteroatoms. The molecule has 3 rings (SSSR count). The first kappa shape index (κ1) is 23.5. The predicted molar refractivity (Wildman–Crippen MR) is 118 cm³/mol. The quantitative estimate of drug-likeness (QED) is 0.351. The number of nitrogens with zero attached hydrogens (tertiary/aromatic N) is 4. The van der Waals surface area contributed by atoms with Gasteiger partial charge in [-0.2, -0.15) is 0 Å². The van der Waals surface area contributed by atoms with Crippen LogP contribution in [0.4, 0.5) is 17.1 Å². The number of aromatic nitrogens is 2. The van der Waals surface area contributed by atoms with Gasteiger partial charge in [-0.1, -0.05) is 11.6 Å². The molecule has 0 atom stereocenters. The molecule has 172 valence electrons. The van der Waals surface area contributed by atoms with Crippen molar-refractivity contribution in [3.8, 4) is 17.4 Å². The van der Waals surface area contributed by atoms with Crippen molar-refractivity contribution < 1.29 is 24.1 Å². The van der Waals surface area contributed by atoms with Crippen molar-refractivity contribution in [1.29, 1.82) is 0 Å². The largest absolute Gasteiger partial charge is 0.475 e. The predicted octanol–water partition coefficient (Wildman–Crippen LogP) is 4.49. The van der Waals surface area contributed by atoms with E-state index in [1.165, 1.54) is 30.0 Å². The van der Waals surface area contributed by atoms with Crippen LogP contribution in [0.25, 0.3) is 0 Å². The summed E-state index contributed by atoms with van der Waals surface area (Å²) in [5.41, 5.74) is 0.319. The van der Waals surface area contributed by atoms with E-state index in [0.29, 0.717) is 10.8 Å². The topological polar surface area (TPSA) is 152 Å². The summed E-state index contributed by atoms with van der Waals surface area (Å²) in [4.78, 5) is 33.4. The number of ether oxygens (including phenoxy) is 2. The first-order chi connectivity index (χ1) is 15.7. The van der Waals surface area contributed by atoms with Crippen LogP contribution in [0.5, 0.6) is 17.4 Å². The summed E-state index contributed by atoms with van der Waals surface area (Å²) in [7, 11) is 1.25. The molecule has 1 amide bonds. The van der Waals surface area contributed by atoms with Crippen LogP contribution in [-0.4, -0.2) is 32.6 Å². The van der Waals surface area contributed by atoms with Crippen LogP contribution in [0.15, 0.2) is 42.6 Å². The van der Waals surface area contributed by atoms with Gasteiger partial charge in [-0.05, 0) is 30.7 Å². The average molecular weight is 476 g/mol. The van der Waals surface area contributed by atoms with E-state index < -0.39 is 15.8 Å². The van der Waals surface area contributed by atoms with Gasteiger partial charge >= 0.3 is 11.6 Å². The van der Waals surface area contributed by atoms with E-state index in [2.05, 4.69) is 10.4 Å². The van der Waals surface area contributed by atoms with Crippen molar-refractivity contribution in [2.24, 2.45) is 0 Å². The number of anilines is 1. The molecule has 1 heterocycles. The fraction of sp³-hybridized carbons (Fsp3) is 0.200. The Hall–Kier alpha value is -4.19. The molecule has 1 aromatic heterocycles. The Balaban J connectivity index is 1.72. The number of carbonyl (C=O) groups is 1. The number of carbonyl (C=O) groups excluding carboxylic acids is 1. The molecule has 0 aliphatic rings. The van der Waals surface area contributed by atoms with Gasteiger partial charge in [0.15, 0.2) is 0 Å². The van der Waals surface area contributed by atoms with Gasteiger partial charge in [0.05, 0.1) is 35.3 Å². The lowest BCUT2D eigenvalue weighted by molar-refractivity contribution is -0.385. The van der Waals surface area contributed by atoms with Crippen LogP contribution < -0.4 is 14.8 Å². The minimum atomic E-state index is -0.644. The third-order valence-electron chi connectivity index (χ3n) is 4.42. The zero-order chi connectivity index (χ0) is 24.1. The Morgan fingerprint density at radius 3 is 2.52 bits per heavy atom. The van der Waals surface area contributed by atoms with Gasteiger partial charge in [0, 0.05) is 23.6 Å². The third-order valence-corrected chi connectivity index (χ3v) is 4.84. The summed E-state index contributed by atoms with van der Waals surface area (Å²) in [6, 6.07) is 8.80. The van der Waals surface area contributed by atoms with Crippen molar-refractivity contribution in [2.45, 2.75) is 19.9 Å². The number of amides is 1. The van der Waals surface area contributed by atoms with Crippen LogP contribution >= 0.6 is 11.6 Å². The van der Waals surface area contributed by atoms with Crippen LogP contribution in [0.3, 0.4) is 0 Å². The summed E-state index contributed by atoms with van der Waals surface area (Å²) >= 11 is 6.00. The summed E-state index contributed by atoms with van der Waals surface area (Å²) in [5, 5.41) is 29.3. The highest BCUT2D eigenvalue weighted by Crippen LogP contribution is 2.31. The maximum Gasteiger partial charge on any atom is 0.350 e. The van der Waals surface area contributed by atoms with Crippen LogP contribution in [0, 0.1) is 27.2 Å². The number of halogens is 1. The number of rotatable bonds is 9. The standard InChI is InChI=1S/C20H18ClN5O7/c1-12-7-15(3-4-17(12)21)33-16-9-13(8-14(10-16)25(28)29)22-19(27)5-6-24-11-18(26(30)31)20(23-24)32-2/h3-4,7-11H,5-6H2,1-2H3,(H,22,27). The second-order valence-corrected chi connectivity index (χ2v) is 7.23. The van der Waals surface area contributed by atoms with Crippen LogP contribution in [0.2, 0.25) is 5.02 Å². The molecule has 0 bridgehead atoms. The van der Waals surface area contributed by atoms with Crippen molar-refractivity contribution in [1.82, 2.24) is 9.78 Å². The van der Waals surface area contributed by atoms with E-state index in [0.717, 1.165) is 11.8 Å². The number of non-ortho nitro benzene ring substituents is 1. The van der Waals surface area contributed by atoms with Crippen molar-refractivity contribution in [3.05, 3.63) is 73.4 Å². The lowest BCUT2D eigenvalue weighted by Gasteiger charge is -2.10. The highest BCUT2D eigenvalue weighted by molar-refractivity contribution is 6.31. The van der Waals surface area contributed by atoms with E-state index in [1.54, 1.807) is 25.1 Å². The second-order valence-electron chi connectivity index (χ2n) is 6.83. The Labute approximate surface area is 192 Å². The molecule has 0 fully saturated rings. The maximum atomic E-state index is 12.4. The molecular formula is C20H18ClN5O7. The average Bonchev–Trinajstić information content (AvgIpc) is 3.18. The van der Waals surface area contributed by atoms with Crippen LogP contribution in [0.1, 0.15) is 12.0 Å². The first-order valence-corrected chi connectivity index (χ1v) is 9.83. The van der Waals surface area contributed by atoms with Gasteiger partial charge in [-0.25, -0.2) is 0 Å². The van der Waals surface area contributed by atoms with E-state index >= 15 is 0 Å². The molecule has 0 aliphatic heterocycles. The normalized spacial score (nSPS) is 10.5. The number of methoxy groups -OCH3 is 1. The van der Waals surface area contributed by atoms with Gasteiger partial charge in [0.1, 0.15) is 17.7 Å². The van der Waals surface area contributed by atoms with Crippen molar-refractivity contribution >= 4 is 34.6 Å². The van der Waals surface area contributed by atoms with Crippen LogP contribution in [-0.2, 0) is 11.3 Å². The van der Waals surface area contributed by atoms with E-state index in [1.807, 2.05) is 0 Å². The zero-order valence-corrected chi connectivity index (χ0v) is 18.2. The SMILES string of the molecule is COc1nn(CCC(=O)Nc2cc(Oc3ccc(Cl)c(C)c3)cc([N+](=O)[O-])c2)cc1[N+](=O)[O-]. The third kappa shape index (κ3) is 5.95.